The van der Waals surface area contributed by atoms with Crippen LogP contribution in [-0.2, 0) is 0 Å². The highest BCUT2D eigenvalue weighted by atomic mass is 79.9. The summed E-state index contributed by atoms with van der Waals surface area (Å²) in [6.45, 7) is 2.42. The predicted molar refractivity (Wildman–Crippen MR) is 82.5 cm³/mol. The first-order chi connectivity index (χ1) is 9.60. The molecular weight excluding hydrogens is 344 g/mol. The zero-order valence-corrected chi connectivity index (χ0v) is 13.0. The summed E-state index contributed by atoms with van der Waals surface area (Å²) in [6, 6.07) is 8.48. The Bertz CT molecular complexity index is 617. The van der Waals surface area contributed by atoms with Crippen molar-refractivity contribution in [2.75, 3.05) is 11.9 Å². The number of hydrogen-bond acceptors (Lipinski definition) is 3. The average Bonchev–Trinajstić information content (AvgIpc) is 2.42. The van der Waals surface area contributed by atoms with E-state index in [1.54, 1.807) is 36.5 Å². The number of nitrogens with zero attached hydrogens (tertiary/aromatic N) is 1. The Morgan fingerprint density at radius 2 is 2.20 bits per heavy atom. The first kappa shape index (κ1) is 14.8. The smallest absolute Gasteiger partial charge is 0.274 e. The van der Waals surface area contributed by atoms with E-state index in [0.717, 1.165) is 4.47 Å². The Morgan fingerprint density at radius 3 is 2.80 bits per heavy atom. The van der Waals surface area contributed by atoms with E-state index in [2.05, 4.69) is 26.2 Å². The van der Waals surface area contributed by atoms with Gasteiger partial charge >= 0.3 is 0 Å². The number of ether oxygens (including phenoxy) is 1. The minimum Gasteiger partial charge on any atom is -0.492 e. The number of anilines is 1. The van der Waals surface area contributed by atoms with Crippen molar-refractivity contribution in [3.8, 4) is 5.75 Å². The molecule has 0 aliphatic carbocycles. The molecule has 0 spiro atoms. The van der Waals surface area contributed by atoms with Gasteiger partial charge in [0.1, 0.15) is 11.4 Å². The van der Waals surface area contributed by atoms with Crippen LogP contribution < -0.4 is 10.1 Å². The Balaban J connectivity index is 2.11. The van der Waals surface area contributed by atoms with E-state index in [4.69, 9.17) is 16.3 Å². The summed E-state index contributed by atoms with van der Waals surface area (Å²) < 4.78 is 6.15. The number of benzene rings is 1. The summed E-state index contributed by atoms with van der Waals surface area (Å²) >= 11 is 9.33. The summed E-state index contributed by atoms with van der Waals surface area (Å²) in [4.78, 5) is 16.0. The van der Waals surface area contributed by atoms with Gasteiger partial charge in [-0.25, -0.2) is 4.98 Å². The third-order valence-corrected chi connectivity index (χ3v) is 3.21. The van der Waals surface area contributed by atoms with Gasteiger partial charge in [0.15, 0.2) is 0 Å². The lowest BCUT2D eigenvalue weighted by Crippen LogP contribution is -2.13. The van der Waals surface area contributed by atoms with Crippen LogP contribution in [0.1, 0.15) is 17.4 Å². The SMILES string of the molecule is CCOc1ccc(NC(=O)c2ccc(Br)cn2)cc1Cl. The number of amides is 1. The number of aromatic nitrogens is 1. The molecule has 0 atom stereocenters. The molecule has 0 saturated heterocycles. The maximum Gasteiger partial charge on any atom is 0.274 e. The van der Waals surface area contributed by atoms with Gasteiger partial charge in [0.25, 0.3) is 5.91 Å². The second-order valence-electron chi connectivity index (χ2n) is 3.89. The van der Waals surface area contributed by atoms with Crippen LogP contribution in [0, 0.1) is 0 Å². The fourth-order valence-corrected chi connectivity index (χ4v) is 2.03. The van der Waals surface area contributed by atoms with Gasteiger partial charge in [-0.1, -0.05) is 11.6 Å². The van der Waals surface area contributed by atoms with Crippen molar-refractivity contribution in [2.45, 2.75) is 6.92 Å². The molecule has 1 amide bonds. The van der Waals surface area contributed by atoms with Crippen LogP contribution in [0.3, 0.4) is 0 Å². The Kier molecular flexibility index (Phi) is 4.98. The van der Waals surface area contributed by atoms with Crippen molar-refractivity contribution in [3.05, 3.63) is 51.7 Å². The van der Waals surface area contributed by atoms with Gasteiger partial charge in [-0.3, -0.25) is 4.79 Å². The topological polar surface area (TPSA) is 51.2 Å². The van der Waals surface area contributed by atoms with Gasteiger partial charge in [0.05, 0.1) is 11.6 Å². The zero-order chi connectivity index (χ0) is 14.5. The minimum atomic E-state index is -0.294. The van der Waals surface area contributed by atoms with E-state index in [9.17, 15) is 4.79 Å². The Labute approximate surface area is 130 Å². The highest BCUT2D eigenvalue weighted by Crippen LogP contribution is 2.27. The average molecular weight is 356 g/mol. The molecule has 0 bridgehead atoms. The van der Waals surface area contributed by atoms with Crippen LogP contribution in [-0.4, -0.2) is 17.5 Å². The molecular formula is C14H12BrClN2O2. The first-order valence-electron chi connectivity index (χ1n) is 5.95. The fraction of sp³-hybridized carbons (Fsp3) is 0.143. The second kappa shape index (κ2) is 6.72. The molecule has 0 unspecified atom stereocenters. The fourth-order valence-electron chi connectivity index (χ4n) is 1.56. The third-order valence-electron chi connectivity index (χ3n) is 2.45. The first-order valence-corrected chi connectivity index (χ1v) is 7.12. The van der Waals surface area contributed by atoms with Crippen LogP contribution in [0.2, 0.25) is 5.02 Å². The summed E-state index contributed by atoms with van der Waals surface area (Å²) in [5, 5.41) is 3.18. The van der Waals surface area contributed by atoms with Gasteiger partial charge in [-0.05, 0) is 53.2 Å². The van der Waals surface area contributed by atoms with E-state index < -0.39 is 0 Å². The molecule has 2 rings (SSSR count). The molecule has 1 N–H and O–H groups in total. The number of nitrogens with one attached hydrogen (secondary N) is 1. The lowest BCUT2D eigenvalue weighted by Gasteiger charge is -2.09. The zero-order valence-electron chi connectivity index (χ0n) is 10.7. The number of halogens is 2. The molecule has 0 saturated carbocycles. The van der Waals surface area contributed by atoms with Crippen LogP contribution >= 0.6 is 27.5 Å². The van der Waals surface area contributed by atoms with Crippen molar-refractivity contribution in [2.24, 2.45) is 0 Å². The van der Waals surface area contributed by atoms with Gasteiger partial charge in [0.2, 0.25) is 0 Å². The maximum absolute atomic E-state index is 12.0. The summed E-state index contributed by atoms with van der Waals surface area (Å²) in [6.07, 6.45) is 1.57. The summed E-state index contributed by atoms with van der Waals surface area (Å²) in [5.74, 6) is 0.298. The van der Waals surface area contributed by atoms with Crippen molar-refractivity contribution in [1.29, 1.82) is 0 Å². The molecule has 0 fully saturated rings. The van der Waals surface area contributed by atoms with Gasteiger partial charge in [-0.15, -0.1) is 0 Å². The third kappa shape index (κ3) is 3.71. The number of rotatable bonds is 4. The van der Waals surface area contributed by atoms with Crippen molar-refractivity contribution < 1.29 is 9.53 Å². The molecule has 104 valence electrons. The van der Waals surface area contributed by atoms with Gasteiger partial charge in [0, 0.05) is 16.4 Å². The number of carbonyl (C=O) groups is 1. The quantitative estimate of drug-likeness (QED) is 0.896. The second-order valence-corrected chi connectivity index (χ2v) is 5.22. The van der Waals surface area contributed by atoms with E-state index in [1.807, 2.05) is 6.92 Å². The van der Waals surface area contributed by atoms with E-state index in [0.29, 0.717) is 28.8 Å². The van der Waals surface area contributed by atoms with Crippen molar-refractivity contribution in [1.82, 2.24) is 4.98 Å². The lowest BCUT2D eigenvalue weighted by atomic mass is 10.2. The van der Waals surface area contributed by atoms with E-state index >= 15 is 0 Å². The summed E-state index contributed by atoms with van der Waals surface area (Å²) in [7, 11) is 0. The number of carbonyl (C=O) groups excluding carboxylic acids is 1. The van der Waals surface area contributed by atoms with Crippen molar-refractivity contribution in [3.63, 3.8) is 0 Å². The molecule has 1 heterocycles. The van der Waals surface area contributed by atoms with Crippen LogP contribution in [0.4, 0.5) is 5.69 Å². The molecule has 1 aromatic heterocycles. The molecule has 0 radical (unpaired) electrons. The standard InChI is InChI=1S/C14H12BrClN2O2/c1-2-20-13-6-4-10(7-11(13)16)18-14(19)12-5-3-9(15)8-17-12/h3-8H,2H2,1H3,(H,18,19). The van der Waals surface area contributed by atoms with Crippen LogP contribution in [0.5, 0.6) is 5.75 Å². The molecule has 4 nitrogen and oxygen atoms in total. The molecule has 20 heavy (non-hydrogen) atoms. The van der Waals surface area contributed by atoms with Crippen LogP contribution in [0.25, 0.3) is 0 Å². The molecule has 0 aliphatic heterocycles. The Hall–Kier alpha value is -1.59. The summed E-state index contributed by atoms with van der Waals surface area (Å²) in [5.41, 5.74) is 0.923. The molecule has 6 heteroatoms. The van der Waals surface area contributed by atoms with E-state index in [1.165, 1.54) is 0 Å². The number of hydrogen-bond donors (Lipinski definition) is 1. The van der Waals surface area contributed by atoms with Crippen molar-refractivity contribution >= 4 is 39.1 Å². The maximum atomic E-state index is 12.0. The Morgan fingerprint density at radius 1 is 1.40 bits per heavy atom. The predicted octanol–water partition coefficient (Wildman–Crippen LogP) is 4.15. The highest BCUT2D eigenvalue weighted by Gasteiger charge is 2.09. The highest BCUT2D eigenvalue weighted by molar-refractivity contribution is 9.10. The monoisotopic (exact) mass is 354 g/mol. The molecule has 2 aromatic rings. The minimum absolute atomic E-state index is 0.294. The van der Waals surface area contributed by atoms with Gasteiger partial charge < -0.3 is 10.1 Å². The molecule has 1 aromatic carbocycles. The van der Waals surface area contributed by atoms with Gasteiger partial charge in [-0.2, -0.15) is 0 Å². The lowest BCUT2D eigenvalue weighted by molar-refractivity contribution is 0.102. The number of pyridine rings is 1. The molecule has 0 aliphatic rings. The van der Waals surface area contributed by atoms with E-state index in [-0.39, 0.29) is 5.91 Å². The normalized spacial score (nSPS) is 10.2. The van der Waals surface area contributed by atoms with Crippen LogP contribution in [0.15, 0.2) is 41.0 Å². The largest absolute Gasteiger partial charge is 0.492 e.